The van der Waals surface area contributed by atoms with Crippen molar-refractivity contribution in [2.75, 3.05) is 38.5 Å². The van der Waals surface area contributed by atoms with Crippen molar-refractivity contribution in [2.45, 2.75) is 65.2 Å². The second-order valence-electron chi connectivity index (χ2n) is 7.76. The number of ketones is 1. The Hall–Kier alpha value is -0.460. The lowest BCUT2D eigenvalue weighted by molar-refractivity contribution is -0.123. The lowest BCUT2D eigenvalue weighted by Crippen LogP contribution is -2.34. The van der Waals surface area contributed by atoms with Gasteiger partial charge in [0.15, 0.2) is 0 Å². The third-order valence-corrected chi connectivity index (χ3v) is 7.64. The highest BCUT2D eigenvalue weighted by molar-refractivity contribution is 7.89. The van der Waals surface area contributed by atoms with Crippen LogP contribution in [0.25, 0.3) is 0 Å². The van der Waals surface area contributed by atoms with Crippen LogP contribution in [0.15, 0.2) is 0 Å². The number of piperidine rings is 1. The number of carbonyl (C=O) groups is 1. The molecule has 0 radical (unpaired) electrons. The summed E-state index contributed by atoms with van der Waals surface area (Å²) < 4.78 is 26.6. The predicted molar refractivity (Wildman–Crippen MR) is 102 cm³/mol. The first-order valence-corrected chi connectivity index (χ1v) is 11.8. The monoisotopic (exact) mass is 372 g/mol. The number of hydrogen-bond acceptors (Lipinski definition) is 4. The fraction of sp³-hybridized carbons (Fsp3) is 0.947. The van der Waals surface area contributed by atoms with Crippen LogP contribution < -0.4 is 0 Å². The van der Waals surface area contributed by atoms with Gasteiger partial charge < -0.3 is 4.90 Å². The van der Waals surface area contributed by atoms with Gasteiger partial charge in [0.05, 0.1) is 5.75 Å². The maximum Gasteiger partial charge on any atom is 0.214 e. The van der Waals surface area contributed by atoms with Crippen LogP contribution in [0, 0.1) is 11.8 Å². The fourth-order valence-corrected chi connectivity index (χ4v) is 5.90. The summed E-state index contributed by atoms with van der Waals surface area (Å²) in [6.45, 7) is 8.13. The summed E-state index contributed by atoms with van der Waals surface area (Å²) in [5, 5.41) is 0. The number of sulfonamides is 1. The Morgan fingerprint density at radius 1 is 1.04 bits per heavy atom. The van der Waals surface area contributed by atoms with E-state index in [4.69, 9.17) is 0 Å². The molecule has 25 heavy (non-hydrogen) atoms. The van der Waals surface area contributed by atoms with Gasteiger partial charge in [-0.25, -0.2) is 12.7 Å². The van der Waals surface area contributed by atoms with Gasteiger partial charge in [0.2, 0.25) is 10.0 Å². The van der Waals surface area contributed by atoms with Crippen LogP contribution >= 0.6 is 0 Å². The highest BCUT2D eigenvalue weighted by Crippen LogP contribution is 2.31. The maximum absolute atomic E-state index is 12.8. The average Bonchev–Trinajstić information content (AvgIpc) is 3.04. The Kier molecular flexibility index (Phi) is 8.36. The van der Waals surface area contributed by atoms with Crippen molar-refractivity contribution in [3.63, 3.8) is 0 Å². The molecule has 2 fully saturated rings. The number of Topliss-reactive ketones (excluding diaryl/α,β-unsaturated/α-hetero) is 1. The zero-order valence-corrected chi connectivity index (χ0v) is 16.9. The lowest BCUT2D eigenvalue weighted by atomic mass is 9.87. The normalized spacial score (nSPS) is 26.2. The molecule has 2 atom stereocenters. The summed E-state index contributed by atoms with van der Waals surface area (Å²) in [5.74, 6) is 0.602. The van der Waals surface area contributed by atoms with Crippen LogP contribution in [0.1, 0.15) is 65.2 Å². The van der Waals surface area contributed by atoms with Crippen molar-refractivity contribution in [1.82, 2.24) is 9.21 Å². The molecule has 0 aromatic heterocycles. The van der Waals surface area contributed by atoms with E-state index in [1.165, 1.54) is 19.3 Å². The lowest BCUT2D eigenvalue weighted by Gasteiger charge is -2.26. The van der Waals surface area contributed by atoms with Crippen LogP contribution in [0.5, 0.6) is 0 Å². The van der Waals surface area contributed by atoms with Crippen molar-refractivity contribution in [2.24, 2.45) is 11.8 Å². The topological polar surface area (TPSA) is 57.7 Å². The van der Waals surface area contributed by atoms with Crippen LogP contribution in [-0.4, -0.2) is 61.9 Å². The molecule has 0 amide bonds. The van der Waals surface area contributed by atoms with E-state index in [0.29, 0.717) is 25.9 Å². The van der Waals surface area contributed by atoms with Crippen molar-refractivity contribution >= 4 is 15.8 Å². The Balaban J connectivity index is 1.93. The van der Waals surface area contributed by atoms with E-state index in [1.807, 2.05) is 6.92 Å². The zero-order valence-electron chi connectivity index (χ0n) is 16.1. The van der Waals surface area contributed by atoms with Crippen LogP contribution in [-0.2, 0) is 14.8 Å². The smallest absolute Gasteiger partial charge is 0.214 e. The molecule has 6 heteroatoms. The van der Waals surface area contributed by atoms with Crippen molar-refractivity contribution in [3.05, 3.63) is 0 Å². The number of carbonyl (C=O) groups excluding carboxylic acids is 1. The maximum atomic E-state index is 12.8. The van der Waals surface area contributed by atoms with Gasteiger partial charge in [-0.05, 0) is 44.7 Å². The third-order valence-electron chi connectivity index (χ3n) is 5.75. The van der Waals surface area contributed by atoms with Gasteiger partial charge in [-0.1, -0.05) is 33.1 Å². The summed E-state index contributed by atoms with van der Waals surface area (Å²) in [5.41, 5.74) is 0. The van der Waals surface area contributed by atoms with E-state index < -0.39 is 10.0 Å². The largest absolute Gasteiger partial charge is 0.303 e. The number of rotatable bonds is 10. The summed E-state index contributed by atoms with van der Waals surface area (Å²) in [7, 11) is -3.20. The Labute approximate surface area is 154 Å². The minimum Gasteiger partial charge on any atom is -0.303 e. The van der Waals surface area contributed by atoms with E-state index in [0.717, 1.165) is 38.9 Å². The zero-order chi connectivity index (χ0) is 18.3. The first-order valence-electron chi connectivity index (χ1n) is 10.2. The van der Waals surface area contributed by atoms with E-state index in [-0.39, 0.29) is 23.4 Å². The van der Waals surface area contributed by atoms with Gasteiger partial charge in [-0.15, -0.1) is 0 Å². The van der Waals surface area contributed by atoms with Crippen molar-refractivity contribution in [3.8, 4) is 0 Å². The minimum atomic E-state index is -3.20. The highest BCUT2D eigenvalue weighted by atomic mass is 32.2. The Bertz CT molecular complexity index is 515. The summed E-state index contributed by atoms with van der Waals surface area (Å²) in [6.07, 6.45) is 7.88. The Morgan fingerprint density at radius 2 is 1.76 bits per heavy atom. The first kappa shape index (κ1) is 20.8. The molecule has 2 heterocycles. The molecule has 2 aliphatic heterocycles. The second-order valence-corrected chi connectivity index (χ2v) is 9.85. The van der Waals surface area contributed by atoms with Crippen molar-refractivity contribution in [1.29, 1.82) is 0 Å². The fourth-order valence-electron chi connectivity index (χ4n) is 4.18. The number of unbranched alkanes of at least 4 members (excludes halogenated alkanes) is 1. The molecule has 0 saturated carbocycles. The van der Waals surface area contributed by atoms with Gasteiger partial charge in [-0.3, -0.25) is 4.79 Å². The van der Waals surface area contributed by atoms with E-state index in [1.54, 1.807) is 4.31 Å². The van der Waals surface area contributed by atoms with E-state index in [2.05, 4.69) is 11.8 Å². The van der Waals surface area contributed by atoms with Gasteiger partial charge >= 0.3 is 0 Å². The summed E-state index contributed by atoms with van der Waals surface area (Å²) in [6, 6.07) is 0. The molecule has 2 rings (SSSR count). The molecule has 5 nitrogen and oxygen atoms in total. The molecule has 0 bridgehead atoms. The van der Waals surface area contributed by atoms with Crippen LogP contribution in [0.3, 0.4) is 0 Å². The quantitative estimate of drug-likeness (QED) is 0.592. The molecule has 2 aliphatic rings. The molecule has 0 aliphatic carbocycles. The van der Waals surface area contributed by atoms with Gasteiger partial charge in [0.1, 0.15) is 5.78 Å². The van der Waals surface area contributed by atoms with Crippen molar-refractivity contribution < 1.29 is 13.2 Å². The van der Waals surface area contributed by atoms with E-state index >= 15 is 0 Å². The van der Waals surface area contributed by atoms with E-state index in [9.17, 15) is 13.2 Å². The molecule has 2 saturated heterocycles. The minimum absolute atomic E-state index is 0.0962. The first-order chi connectivity index (χ1) is 12.0. The molecule has 1 unspecified atom stereocenters. The third kappa shape index (κ3) is 6.04. The van der Waals surface area contributed by atoms with Gasteiger partial charge in [0.25, 0.3) is 0 Å². The summed E-state index contributed by atoms with van der Waals surface area (Å²) in [4.78, 5) is 15.2. The number of likely N-dealkylation sites (tertiary alicyclic amines) is 1. The number of nitrogens with zero attached hydrogens (tertiary/aromatic N) is 2. The van der Waals surface area contributed by atoms with Gasteiger partial charge in [0, 0.05) is 32.0 Å². The van der Waals surface area contributed by atoms with Gasteiger partial charge in [-0.2, -0.15) is 0 Å². The molecule has 0 spiro atoms. The highest BCUT2D eigenvalue weighted by Gasteiger charge is 2.41. The molecule has 0 aromatic rings. The molecule has 146 valence electrons. The standard InChI is InChI=1S/C19H36N2O3S/c1-3-5-14-25(23,24)21-15-17(9-4-2)18(16-21)19(22)10-13-20-11-7-6-8-12-20/h17-18H,3-16H2,1-2H3/t17-,18?/m0/s1. The second kappa shape index (κ2) is 10.0. The number of hydrogen-bond donors (Lipinski definition) is 0. The molecule has 0 N–H and O–H groups in total. The average molecular weight is 373 g/mol. The summed E-state index contributed by atoms with van der Waals surface area (Å²) >= 11 is 0. The SMILES string of the molecule is CCCCS(=O)(=O)N1CC(C(=O)CCN2CCCCC2)[C@@H](CCC)C1. The molecular formula is C19H36N2O3S. The molecular weight excluding hydrogens is 336 g/mol. The Morgan fingerprint density at radius 3 is 2.40 bits per heavy atom. The predicted octanol–water partition coefficient (Wildman–Crippen LogP) is 2.91. The molecule has 0 aromatic carbocycles. The van der Waals surface area contributed by atoms with Crippen LogP contribution in [0.2, 0.25) is 0 Å². The van der Waals surface area contributed by atoms with Crippen LogP contribution in [0.4, 0.5) is 0 Å².